The van der Waals surface area contributed by atoms with Crippen molar-refractivity contribution in [2.75, 3.05) is 13.1 Å². The van der Waals surface area contributed by atoms with Crippen molar-refractivity contribution in [1.82, 2.24) is 23.8 Å². The fraction of sp³-hybridized carbons (Fsp3) is 0.476. The molecule has 1 aliphatic heterocycles. The lowest BCUT2D eigenvalue weighted by molar-refractivity contribution is -0.133. The van der Waals surface area contributed by atoms with Gasteiger partial charge in [-0.05, 0) is 44.2 Å². The van der Waals surface area contributed by atoms with Gasteiger partial charge in [0.05, 0.1) is 0 Å². The van der Waals surface area contributed by atoms with Gasteiger partial charge < -0.3 is 9.47 Å². The second kappa shape index (κ2) is 7.30. The van der Waals surface area contributed by atoms with Crippen molar-refractivity contribution in [3.63, 3.8) is 0 Å². The van der Waals surface area contributed by atoms with E-state index in [9.17, 15) is 9.59 Å². The van der Waals surface area contributed by atoms with E-state index in [0.717, 1.165) is 36.1 Å². The molecule has 1 atom stereocenters. The van der Waals surface area contributed by atoms with Crippen molar-refractivity contribution < 1.29 is 4.79 Å². The molecule has 1 aliphatic rings. The Morgan fingerprint density at radius 2 is 2.04 bits per heavy atom. The van der Waals surface area contributed by atoms with Gasteiger partial charge in [0.25, 0.3) is 0 Å². The Bertz CT molecular complexity index is 1060. The maximum atomic E-state index is 13.0. The van der Waals surface area contributed by atoms with E-state index in [1.807, 2.05) is 53.8 Å². The van der Waals surface area contributed by atoms with Crippen molar-refractivity contribution in [2.24, 2.45) is 7.05 Å². The van der Waals surface area contributed by atoms with Crippen LogP contribution >= 0.6 is 0 Å². The molecule has 1 saturated heterocycles. The third-order valence-corrected chi connectivity index (χ3v) is 5.62. The molecule has 0 saturated carbocycles. The van der Waals surface area contributed by atoms with Gasteiger partial charge in [-0.25, -0.2) is 9.48 Å². The molecule has 148 valence electrons. The third kappa shape index (κ3) is 3.25. The van der Waals surface area contributed by atoms with Crippen molar-refractivity contribution in [1.29, 1.82) is 0 Å². The van der Waals surface area contributed by atoms with Crippen molar-refractivity contribution in [3.8, 4) is 0 Å². The first kappa shape index (κ1) is 18.5. The standard InChI is InChI=1S/C21H27N5O2/c1-15(2)26-20(22-23(3)21(26)28)17-8-6-11-25(13-17)19(27)14-24-12-10-16-7-4-5-9-18(16)24/h4-5,7,9-10,12,15,17H,6,8,11,13-14H2,1-3H3. The average molecular weight is 381 g/mol. The lowest BCUT2D eigenvalue weighted by atomic mass is 9.96. The highest BCUT2D eigenvalue weighted by Crippen LogP contribution is 2.27. The summed E-state index contributed by atoms with van der Waals surface area (Å²) in [5, 5.41) is 5.63. The number of amides is 1. The molecule has 0 aliphatic carbocycles. The van der Waals surface area contributed by atoms with E-state index in [1.165, 1.54) is 4.68 Å². The molecule has 4 rings (SSSR count). The highest BCUT2D eigenvalue weighted by Gasteiger charge is 2.30. The van der Waals surface area contributed by atoms with Gasteiger partial charge in [0, 0.05) is 43.8 Å². The molecule has 2 aromatic heterocycles. The molecule has 3 aromatic rings. The Balaban J connectivity index is 1.53. The Morgan fingerprint density at radius 1 is 1.25 bits per heavy atom. The number of para-hydroxylation sites is 1. The lowest BCUT2D eigenvalue weighted by Crippen LogP contribution is -2.41. The molecule has 1 amide bonds. The first-order valence-electron chi connectivity index (χ1n) is 9.92. The van der Waals surface area contributed by atoms with Gasteiger partial charge in [-0.2, -0.15) is 5.10 Å². The molecule has 7 heteroatoms. The molecule has 1 aromatic carbocycles. The molecule has 0 N–H and O–H groups in total. The highest BCUT2D eigenvalue weighted by molar-refractivity contribution is 5.83. The second-order valence-corrected chi connectivity index (χ2v) is 7.91. The van der Waals surface area contributed by atoms with Gasteiger partial charge in [-0.3, -0.25) is 9.36 Å². The van der Waals surface area contributed by atoms with Gasteiger partial charge in [0.15, 0.2) is 0 Å². The number of hydrogen-bond donors (Lipinski definition) is 0. The summed E-state index contributed by atoms with van der Waals surface area (Å²) in [4.78, 5) is 27.3. The number of hydrogen-bond acceptors (Lipinski definition) is 3. The molecule has 0 spiro atoms. The number of carbonyl (C=O) groups excluding carboxylic acids is 1. The molecular formula is C21H27N5O2. The zero-order valence-corrected chi connectivity index (χ0v) is 16.7. The summed E-state index contributed by atoms with van der Waals surface area (Å²) in [7, 11) is 1.69. The zero-order valence-electron chi connectivity index (χ0n) is 16.7. The van der Waals surface area contributed by atoms with Crippen LogP contribution in [0.15, 0.2) is 41.3 Å². The normalized spacial score (nSPS) is 17.6. The van der Waals surface area contributed by atoms with Gasteiger partial charge in [-0.15, -0.1) is 0 Å². The van der Waals surface area contributed by atoms with Gasteiger partial charge in [0.1, 0.15) is 12.4 Å². The van der Waals surface area contributed by atoms with Crippen LogP contribution in [0.2, 0.25) is 0 Å². The van der Waals surface area contributed by atoms with Crippen molar-refractivity contribution in [3.05, 3.63) is 52.8 Å². The lowest BCUT2D eigenvalue weighted by Gasteiger charge is -2.33. The van der Waals surface area contributed by atoms with Crippen molar-refractivity contribution in [2.45, 2.75) is 45.2 Å². The van der Waals surface area contributed by atoms with E-state index in [1.54, 1.807) is 11.6 Å². The number of nitrogens with zero attached hydrogens (tertiary/aromatic N) is 5. The summed E-state index contributed by atoms with van der Waals surface area (Å²) >= 11 is 0. The van der Waals surface area contributed by atoms with Gasteiger partial charge >= 0.3 is 5.69 Å². The molecule has 28 heavy (non-hydrogen) atoms. The maximum Gasteiger partial charge on any atom is 0.345 e. The fourth-order valence-corrected chi connectivity index (χ4v) is 4.20. The topological polar surface area (TPSA) is 65.1 Å². The number of carbonyl (C=O) groups is 1. The summed E-state index contributed by atoms with van der Waals surface area (Å²) < 4.78 is 5.17. The minimum Gasteiger partial charge on any atom is -0.340 e. The molecule has 3 heterocycles. The predicted octanol–water partition coefficient (Wildman–Crippen LogP) is 2.52. The van der Waals surface area contributed by atoms with E-state index >= 15 is 0 Å². The van der Waals surface area contributed by atoms with Crippen LogP contribution in [-0.4, -0.2) is 42.8 Å². The number of benzene rings is 1. The maximum absolute atomic E-state index is 13.0. The third-order valence-electron chi connectivity index (χ3n) is 5.62. The largest absolute Gasteiger partial charge is 0.345 e. The molecule has 0 bridgehead atoms. The smallest absolute Gasteiger partial charge is 0.340 e. The van der Waals surface area contributed by atoms with Crippen LogP contribution in [0.5, 0.6) is 0 Å². The van der Waals surface area contributed by atoms with E-state index in [0.29, 0.717) is 13.1 Å². The zero-order chi connectivity index (χ0) is 19.8. The Labute approximate surface area is 164 Å². The molecule has 1 unspecified atom stereocenters. The van der Waals surface area contributed by atoms with Gasteiger partial charge in [-0.1, -0.05) is 18.2 Å². The summed E-state index contributed by atoms with van der Waals surface area (Å²) in [6.45, 7) is 5.69. The summed E-state index contributed by atoms with van der Waals surface area (Å²) in [6.07, 6.45) is 3.84. The minimum atomic E-state index is -0.0905. The first-order valence-corrected chi connectivity index (χ1v) is 9.92. The molecule has 7 nitrogen and oxygen atoms in total. The van der Waals surface area contributed by atoms with Crippen LogP contribution in [0.3, 0.4) is 0 Å². The van der Waals surface area contributed by atoms with Crippen LogP contribution in [0.1, 0.15) is 44.5 Å². The van der Waals surface area contributed by atoms with E-state index in [4.69, 9.17) is 0 Å². The Hall–Kier alpha value is -2.83. The number of likely N-dealkylation sites (tertiary alicyclic amines) is 1. The first-order chi connectivity index (χ1) is 13.5. The second-order valence-electron chi connectivity index (χ2n) is 7.91. The molecule has 1 fully saturated rings. The van der Waals surface area contributed by atoms with Crippen LogP contribution in [-0.2, 0) is 18.4 Å². The number of fused-ring (bicyclic) bond motifs is 1. The molecular weight excluding hydrogens is 354 g/mol. The Kier molecular flexibility index (Phi) is 4.83. The number of piperidine rings is 1. The summed E-state index contributed by atoms with van der Waals surface area (Å²) in [5.41, 5.74) is 0.982. The summed E-state index contributed by atoms with van der Waals surface area (Å²) in [6, 6.07) is 10.2. The van der Waals surface area contributed by atoms with Gasteiger partial charge in [0.2, 0.25) is 5.91 Å². The van der Waals surface area contributed by atoms with Crippen molar-refractivity contribution >= 4 is 16.8 Å². The van der Waals surface area contributed by atoms with Crippen LogP contribution in [0, 0.1) is 0 Å². The van der Waals surface area contributed by atoms with E-state index in [-0.39, 0.29) is 23.6 Å². The van der Waals surface area contributed by atoms with Crippen LogP contribution in [0.4, 0.5) is 0 Å². The number of rotatable bonds is 4. The van der Waals surface area contributed by atoms with Crippen LogP contribution < -0.4 is 5.69 Å². The SMILES string of the molecule is CC(C)n1c(C2CCCN(C(=O)Cn3ccc4ccccc43)C2)nn(C)c1=O. The fourth-order valence-electron chi connectivity index (χ4n) is 4.20. The number of aromatic nitrogens is 4. The quantitative estimate of drug-likeness (QED) is 0.698. The predicted molar refractivity (Wildman–Crippen MR) is 108 cm³/mol. The van der Waals surface area contributed by atoms with Crippen LogP contribution in [0.25, 0.3) is 10.9 Å². The highest BCUT2D eigenvalue weighted by atomic mass is 16.2. The monoisotopic (exact) mass is 381 g/mol. The Morgan fingerprint density at radius 3 is 2.82 bits per heavy atom. The number of aryl methyl sites for hydroxylation is 1. The summed E-state index contributed by atoms with van der Waals surface area (Å²) in [5.74, 6) is 1.00. The molecule has 0 radical (unpaired) electrons. The average Bonchev–Trinajstić information content (AvgIpc) is 3.23. The minimum absolute atomic E-state index is 0.0496. The van der Waals surface area contributed by atoms with E-state index in [2.05, 4.69) is 11.2 Å². The van der Waals surface area contributed by atoms with E-state index < -0.39 is 0 Å².